The molecule has 6 heteroatoms. The lowest BCUT2D eigenvalue weighted by Gasteiger charge is -2.14. The molecule has 0 aliphatic rings. The highest BCUT2D eigenvalue weighted by molar-refractivity contribution is 5.75. The summed E-state index contributed by atoms with van der Waals surface area (Å²) >= 11 is 0. The molecule has 1 aromatic heterocycles. The van der Waals surface area contributed by atoms with Gasteiger partial charge in [0.25, 0.3) is 0 Å². The van der Waals surface area contributed by atoms with Crippen molar-refractivity contribution >= 4 is 5.91 Å². The predicted octanol–water partition coefficient (Wildman–Crippen LogP) is 1.11. The van der Waals surface area contributed by atoms with Gasteiger partial charge in [-0.2, -0.15) is 0 Å². The third-order valence-corrected chi connectivity index (χ3v) is 3.11. The van der Waals surface area contributed by atoms with Crippen molar-refractivity contribution in [1.82, 2.24) is 20.3 Å². The Hall–Kier alpha value is -1.43. The summed E-state index contributed by atoms with van der Waals surface area (Å²) in [4.78, 5) is 11.9. The first kappa shape index (κ1) is 16.6. The van der Waals surface area contributed by atoms with Crippen molar-refractivity contribution in [1.29, 1.82) is 0 Å². The Labute approximate surface area is 121 Å². The van der Waals surface area contributed by atoms with E-state index in [2.05, 4.69) is 29.5 Å². The fourth-order valence-corrected chi connectivity index (χ4v) is 1.94. The first-order valence-corrected chi connectivity index (χ1v) is 7.39. The van der Waals surface area contributed by atoms with E-state index in [-0.39, 0.29) is 18.5 Å². The zero-order chi connectivity index (χ0) is 15.0. The Morgan fingerprint density at radius 2 is 2.15 bits per heavy atom. The molecule has 1 atom stereocenters. The van der Waals surface area contributed by atoms with Gasteiger partial charge in [-0.05, 0) is 45.1 Å². The third kappa shape index (κ3) is 6.65. The zero-order valence-electron chi connectivity index (χ0n) is 12.8. The lowest BCUT2D eigenvalue weighted by atomic mass is 10.0. The average molecular weight is 281 g/mol. The molecular formula is C14H27N5O. The number of nitrogens with two attached hydrogens (primary N) is 1. The normalized spacial score (nSPS) is 12.7. The van der Waals surface area contributed by atoms with Gasteiger partial charge in [-0.3, -0.25) is 4.79 Å². The molecule has 0 aliphatic carbocycles. The van der Waals surface area contributed by atoms with Crippen molar-refractivity contribution in [3.8, 4) is 0 Å². The fraction of sp³-hybridized carbons (Fsp3) is 0.786. The minimum absolute atomic E-state index is 0.0171. The monoisotopic (exact) mass is 281 g/mol. The van der Waals surface area contributed by atoms with Crippen LogP contribution in [0.15, 0.2) is 6.20 Å². The molecule has 6 nitrogen and oxygen atoms in total. The fourth-order valence-electron chi connectivity index (χ4n) is 1.94. The molecule has 1 heterocycles. The second-order valence-electron chi connectivity index (χ2n) is 5.74. The number of amides is 1. The summed E-state index contributed by atoms with van der Waals surface area (Å²) in [6, 6.07) is 0.199. The first-order chi connectivity index (χ1) is 9.51. The Balaban J connectivity index is 2.32. The van der Waals surface area contributed by atoms with E-state index in [4.69, 9.17) is 5.73 Å². The van der Waals surface area contributed by atoms with E-state index in [0.717, 1.165) is 31.4 Å². The number of aromatic nitrogens is 3. The molecule has 114 valence electrons. The van der Waals surface area contributed by atoms with Crippen molar-refractivity contribution in [2.24, 2.45) is 11.7 Å². The lowest BCUT2D eigenvalue weighted by Crippen LogP contribution is -2.35. The van der Waals surface area contributed by atoms with Gasteiger partial charge in [0.2, 0.25) is 5.91 Å². The molecule has 0 radical (unpaired) electrons. The molecule has 0 saturated heterocycles. The van der Waals surface area contributed by atoms with Gasteiger partial charge < -0.3 is 11.1 Å². The van der Waals surface area contributed by atoms with E-state index in [1.807, 2.05) is 13.1 Å². The van der Waals surface area contributed by atoms with Gasteiger partial charge in [-0.25, -0.2) is 4.68 Å². The standard InChI is InChI=1S/C14H27N5O/c1-11(2)6-7-12(3)16-14(20)10-19-9-13(17-18-19)5-4-8-15/h9,11-12H,4-8,10,15H2,1-3H3,(H,16,20). The average Bonchev–Trinajstić information content (AvgIpc) is 2.81. The van der Waals surface area contributed by atoms with E-state index in [1.54, 1.807) is 4.68 Å². The smallest absolute Gasteiger partial charge is 0.242 e. The van der Waals surface area contributed by atoms with Crippen LogP contribution in [-0.2, 0) is 17.8 Å². The Kier molecular flexibility index (Phi) is 7.22. The summed E-state index contributed by atoms with van der Waals surface area (Å²) in [6.07, 6.45) is 5.63. The van der Waals surface area contributed by atoms with Gasteiger partial charge in [0.05, 0.1) is 5.69 Å². The molecule has 20 heavy (non-hydrogen) atoms. The second-order valence-corrected chi connectivity index (χ2v) is 5.74. The van der Waals surface area contributed by atoms with Crippen LogP contribution >= 0.6 is 0 Å². The number of hydrogen-bond donors (Lipinski definition) is 2. The maximum absolute atomic E-state index is 11.9. The third-order valence-electron chi connectivity index (χ3n) is 3.11. The van der Waals surface area contributed by atoms with Gasteiger partial charge in [0.1, 0.15) is 6.54 Å². The maximum Gasteiger partial charge on any atom is 0.242 e. The Morgan fingerprint density at radius 1 is 1.40 bits per heavy atom. The van der Waals surface area contributed by atoms with Gasteiger partial charge in [-0.1, -0.05) is 19.1 Å². The van der Waals surface area contributed by atoms with E-state index in [9.17, 15) is 4.79 Å². The maximum atomic E-state index is 11.9. The van der Waals surface area contributed by atoms with Crippen molar-refractivity contribution in [3.05, 3.63) is 11.9 Å². The Morgan fingerprint density at radius 3 is 2.80 bits per heavy atom. The minimum atomic E-state index is -0.0171. The van der Waals surface area contributed by atoms with Crippen LogP contribution in [0.25, 0.3) is 0 Å². The lowest BCUT2D eigenvalue weighted by molar-refractivity contribution is -0.122. The van der Waals surface area contributed by atoms with Crippen LogP contribution in [0, 0.1) is 5.92 Å². The molecular weight excluding hydrogens is 254 g/mol. The van der Waals surface area contributed by atoms with Crippen molar-refractivity contribution < 1.29 is 4.79 Å². The molecule has 1 aromatic rings. The summed E-state index contributed by atoms with van der Waals surface area (Å²) < 4.78 is 1.58. The molecule has 0 fully saturated rings. The van der Waals surface area contributed by atoms with Gasteiger partial charge in [0.15, 0.2) is 0 Å². The molecule has 0 saturated carbocycles. The summed E-state index contributed by atoms with van der Waals surface area (Å²) in [5, 5.41) is 11.0. The molecule has 0 aromatic carbocycles. The second kappa shape index (κ2) is 8.68. The molecule has 1 unspecified atom stereocenters. The predicted molar refractivity (Wildman–Crippen MR) is 79.1 cm³/mol. The van der Waals surface area contributed by atoms with Crippen LogP contribution in [-0.4, -0.2) is 33.5 Å². The highest BCUT2D eigenvalue weighted by atomic mass is 16.2. The van der Waals surface area contributed by atoms with Gasteiger partial charge in [-0.15, -0.1) is 5.10 Å². The van der Waals surface area contributed by atoms with E-state index < -0.39 is 0 Å². The van der Waals surface area contributed by atoms with Crippen LogP contribution in [0.3, 0.4) is 0 Å². The molecule has 1 rings (SSSR count). The SMILES string of the molecule is CC(C)CCC(C)NC(=O)Cn1cc(CCCN)nn1. The van der Waals surface area contributed by atoms with Crippen LogP contribution < -0.4 is 11.1 Å². The van der Waals surface area contributed by atoms with Crippen LogP contribution in [0.2, 0.25) is 0 Å². The van der Waals surface area contributed by atoms with Crippen LogP contribution in [0.1, 0.15) is 45.7 Å². The number of hydrogen-bond acceptors (Lipinski definition) is 4. The largest absolute Gasteiger partial charge is 0.352 e. The highest BCUT2D eigenvalue weighted by Crippen LogP contribution is 2.06. The molecule has 0 spiro atoms. The Bertz CT molecular complexity index is 402. The van der Waals surface area contributed by atoms with Crippen molar-refractivity contribution in [2.45, 2.75) is 59.0 Å². The summed E-state index contributed by atoms with van der Waals surface area (Å²) in [6.45, 7) is 7.27. The number of carbonyl (C=O) groups is 1. The summed E-state index contributed by atoms with van der Waals surface area (Å²) in [5.41, 5.74) is 6.33. The quantitative estimate of drug-likeness (QED) is 0.710. The summed E-state index contributed by atoms with van der Waals surface area (Å²) in [5.74, 6) is 0.645. The van der Waals surface area contributed by atoms with Gasteiger partial charge >= 0.3 is 0 Å². The zero-order valence-corrected chi connectivity index (χ0v) is 12.8. The molecule has 3 N–H and O–H groups in total. The van der Waals surface area contributed by atoms with Gasteiger partial charge in [0, 0.05) is 12.2 Å². The topological polar surface area (TPSA) is 85.8 Å². The number of nitrogens with one attached hydrogen (secondary N) is 1. The number of aryl methyl sites for hydroxylation is 1. The van der Waals surface area contributed by atoms with Crippen molar-refractivity contribution in [3.63, 3.8) is 0 Å². The van der Waals surface area contributed by atoms with Crippen LogP contribution in [0.4, 0.5) is 0 Å². The number of carbonyl (C=O) groups excluding carboxylic acids is 1. The van der Waals surface area contributed by atoms with E-state index in [1.165, 1.54) is 0 Å². The van der Waals surface area contributed by atoms with E-state index >= 15 is 0 Å². The molecule has 0 bridgehead atoms. The highest BCUT2D eigenvalue weighted by Gasteiger charge is 2.10. The van der Waals surface area contributed by atoms with Crippen molar-refractivity contribution in [2.75, 3.05) is 6.54 Å². The number of rotatable bonds is 9. The van der Waals surface area contributed by atoms with E-state index in [0.29, 0.717) is 12.5 Å². The number of nitrogens with zero attached hydrogens (tertiary/aromatic N) is 3. The minimum Gasteiger partial charge on any atom is -0.352 e. The molecule has 1 amide bonds. The first-order valence-electron chi connectivity index (χ1n) is 7.39. The van der Waals surface area contributed by atoms with Crippen LogP contribution in [0.5, 0.6) is 0 Å². The summed E-state index contributed by atoms with van der Waals surface area (Å²) in [7, 11) is 0. The molecule has 0 aliphatic heterocycles.